The molecule has 1 aromatic heterocycles. The van der Waals surface area contributed by atoms with E-state index in [2.05, 4.69) is 22.1 Å². The lowest BCUT2D eigenvalue weighted by molar-refractivity contribution is 0.102. The molecule has 0 radical (unpaired) electrons. The fourth-order valence-electron chi connectivity index (χ4n) is 1.58. The molecule has 6 heteroatoms. The van der Waals surface area contributed by atoms with Crippen molar-refractivity contribution in [2.45, 2.75) is 0 Å². The summed E-state index contributed by atoms with van der Waals surface area (Å²) in [5.41, 5.74) is 0.893. The third-order valence-electron chi connectivity index (χ3n) is 2.51. The molecule has 0 aliphatic carbocycles. The van der Waals surface area contributed by atoms with Crippen LogP contribution < -0.4 is 5.32 Å². The summed E-state index contributed by atoms with van der Waals surface area (Å²) in [6.07, 6.45) is 1.51. The number of amides is 1. The van der Waals surface area contributed by atoms with E-state index in [1.54, 1.807) is 30.3 Å². The first-order valence-electron chi connectivity index (χ1n) is 5.93. The van der Waals surface area contributed by atoms with E-state index in [-0.39, 0.29) is 17.2 Å². The maximum atomic E-state index is 12.1. The molecule has 0 bridgehead atoms. The second-order valence-electron chi connectivity index (χ2n) is 3.95. The molecular weight excluding hydrogens is 311 g/mol. The van der Waals surface area contributed by atoms with Gasteiger partial charge in [0.2, 0.25) is 0 Å². The topological polar surface area (TPSA) is 62.2 Å². The Morgan fingerprint density at radius 2 is 2.14 bits per heavy atom. The van der Waals surface area contributed by atoms with E-state index in [1.165, 1.54) is 6.20 Å². The van der Waals surface area contributed by atoms with Crippen LogP contribution in [-0.2, 0) is 0 Å². The highest BCUT2D eigenvalue weighted by atomic mass is 35.5. The molecule has 0 aliphatic heterocycles. The van der Waals surface area contributed by atoms with E-state index >= 15 is 0 Å². The quantitative estimate of drug-likeness (QED) is 0.836. The summed E-state index contributed by atoms with van der Waals surface area (Å²) in [7, 11) is 0. The number of rotatable bonds is 2. The minimum absolute atomic E-state index is 0.188. The summed E-state index contributed by atoms with van der Waals surface area (Å²) in [4.78, 5) is 16.2. The van der Waals surface area contributed by atoms with Crippen molar-refractivity contribution in [2.24, 2.45) is 0 Å². The average Bonchev–Trinajstić information content (AvgIpc) is 2.48. The minimum Gasteiger partial charge on any atom is -0.384 e. The van der Waals surface area contributed by atoms with Gasteiger partial charge in [0.05, 0.1) is 15.6 Å². The highest BCUT2D eigenvalue weighted by Gasteiger charge is 2.13. The van der Waals surface area contributed by atoms with Gasteiger partial charge in [-0.25, -0.2) is 4.98 Å². The van der Waals surface area contributed by atoms with Crippen LogP contribution >= 0.6 is 23.2 Å². The van der Waals surface area contributed by atoms with Gasteiger partial charge in [0.25, 0.3) is 5.91 Å². The zero-order valence-corrected chi connectivity index (χ0v) is 12.2. The number of aliphatic hydroxyl groups is 1. The van der Waals surface area contributed by atoms with Crippen LogP contribution in [-0.4, -0.2) is 22.6 Å². The number of aromatic nitrogens is 1. The van der Waals surface area contributed by atoms with Crippen molar-refractivity contribution >= 4 is 34.9 Å². The van der Waals surface area contributed by atoms with E-state index in [9.17, 15) is 4.79 Å². The largest absolute Gasteiger partial charge is 0.384 e. The summed E-state index contributed by atoms with van der Waals surface area (Å²) in [5, 5.41) is 11.8. The molecule has 0 spiro atoms. The number of hydrogen-bond donors (Lipinski definition) is 2. The third-order valence-corrected chi connectivity index (χ3v) is 3.33. The van der Waals surface area contributed by atoms with E-state index in [4.69, 9.17) is 28.3 Å². The van der Waals surface area contributed by atoms with Crippen LogP contribution in [0.5, 0.6) is 0 Å². The van der Waals surface area contributed by atoms with E-state index in [1.807, 2.05) is 0 Å². The standard InChI is InChI=1S/C15H10Cl2N2O2/c16-12-5-1-4-11(14(12)17)15(21)19-13-9-10(3-2-8-20)6-7-18-13/h1,4-7,9,20H,8H2,(H,18,19,21). The van der Waals surface area contributed by atoms with Crippen LogP contribution in [0.1, 0.15) is 15.9 Å². The molecule has 2 aromatic rings. The van der Waals surface area contributed by atoms with Crippen molar-refractivity contribution in [3.05, 3.63) is 57.7 Å². The van der Waals surface area contributed by atoms with Crippen LogP contribution in [0.4, 0.5) is 5.82 Å². The third kappa shape index (κ3) is 3.96. The number of hydrogen-bond acceptors (Lipinski definition) is 3. The Balaban J connectivity index is 2.22. The lowest BCUT2D eigenvalue weighted by Crippen LogP contribution is -2.13. The lowest BCUT2D eigenvalue weighted by Gasteiger charge is -2.07. The molecular formula is C15H10Cl2N2O2. The summed E-state index contributed by atoms with van der Waals surface area (Å²) < 4.78 is 0. The fraction of sp³-hybridized carbons (Fsp3) is 0.0667. The number of nitrogens with one attached hydrogen (secondary N) is 1. The maximum absolute atomic E-state index is 12.1. The molecule has 0 unspecified atom stereocenters. The van der Waals surface area contributed by atoms with Gasteiger partial charge in [0.15, 0.2) is 0 Å². The number of benzene rings is 1. The Morgan fingerprint density at radius 3 is 2.90 bits per heavy atom. The Morgan fingerprint density at radius 1 is 1.33 bits per heavy atom. The molecule has 1 heterocycles. The Kier molecular flexibility index (Phi) is 5.18. The molecule has 2 rings (SSSR count). The van der Waals surface area contributed by atoms with Gasteiger partial charge in [-0.3, -0.25) is 4.79 Å². The van der Waals surface area contributed by atoms with Gasteiger partial charge in [-0.1, -0.05) is 41.1 Å². The summed E-state index contributed by atoms with van der Waals surface area (Å²) in [6.45, 7) is -0.234. The first kappa shape index (κ1) is 15.3. The van der Waals surface area contributed by atoms with Crippen molar-refractivity contribution in [2.75, 3.05) is 11.9 Å². The molecule has 0 fully saturated rings. The first-order chi connectivity index (χ1) is 10.1. The van der Waals surface area contributed by atoms with Crippen molar-refractivity contribution in [1.82, 2.24) is 4.98 Å². The average molecular weight is 321 g/mol. The number of pyridine rings is 1. The maximum Gasteiger partial charge on any atom is 0.258 e. The minimum atomic E-state index is -0.415. The van der Waals surface area contributed by atoms with E-state index in [0.29, 0.717) is 16.4 Å². The van der Waals surface area contributed by atoms with Crippen molar-refractivity contribution < 1.29 is 9.90 Å². The van der Waals surface area contributed by atoms with Crippen molar-refractivity contribution in [3.63, 3.8) is 0 Å². The smallest absolute Gasteiger partial charge is 0.258 e. The summed E-state index contributed by atoms with van der Waals surface area (Å²) in [6, 6.07) is 8.08. The molecule has 1 amide bonds. The Hall–Kier alpha value is -2.06. The number of halogens is 2. The highest BCUT2D eigenvalue weighted by molar-refractivity contribution is 6.44. The first-order valence-corrected chi connectivity index (χ1v) is 6.68. The Bertz CT molecular complexity index is 736. The molecule has 0 saturated carbocycles. The summed E-state index contributed by atoms with van der Waals surface area (Å²) in [5.74, 6) is 5.17. The van der Waals surface area contributed by atoms with Gasteiger partial charge >= 0.3 is 0 Å². The molecule has 2 N–H and O–H groups in total. The number of anilines is 1. The van der Waals surface area contributed by atoms with Gasteiger partial charge in [-0.05, 0) is 24.3 Å². The molecule has 106 valence electrons. The number of carbonyl (C=O) groups is 1. The molecule has 21 heavy (non-hydrogen) atoms. The second kappa shape index (κ2) is 7.09. The molecule has 1 aromatic carbocycles. The van der Waals surface area contributed by atoms with Crippen LogP contribution in [0, 0.1) is 11.8 Å². The van der Waals surface area contributed by atoms with Gasteiger partial charge in [-0.2, -0.15) is 0 Å². The van der Waals surface area contributed by atoms with Crippen LogP contribution in [0.2, 0.25) is 10.0 Å². The molecule has 4 nitrogen and oxygen atoms in total. The second-order valence-corrected chi connectivity index (χ2v) is 4.73. The van der Waals surface area contributed by atoms with Gasteiger partial charge in [0, 0.05) is 11.8 Å². The highest BCUT2D eigenvalue weighted by Crippen LogP contribution is 2.26. The number of carbonyl (C=O) groups excluding carboxylic acids is 1. The number of nitrogens with zero attached hydrogens (tertiary/aromatic N) is 1. The van der Waals surface area contributed by atoms with Crippen LogP contribution in [0.25, 0.3) is 0 Å². The SMILES string of the molecule is O=C(Nc1cc(C#CCO)ccn1)c1cccc(Cl)c1Cl. The lowest BCUT2D eigenvalue weighted by atomic mass is 10.2. The predicted octanol–water partition coefficient (Wildman–Crippen LogP) is 2.98. The van der Waals surface area contributed by atoms with Crippen molar-refractivity contribution in [1.29, 1.82) is 0 Å². The Labute approximate surface area is 131 Å². The van der Waals surface area contributed by atoms with Gasteiger partial charge in [0.1, 0.15) is 12.4 Å². The van der Waals surface area contributed by atoms with Crippen LogP contribution in [0.3, 0.4) is 0 Å². The molecule has 0 saturated heterocycles. The summed E-state index contributed by atoms with van der Waals surface area (Å²) >= 11 is 11.9. The molecule has 0 aliphatic rings. The van der Waals surface area contributed by atoms with Gasteiger partial charge < -0.3 is 10.4 Å². The van der Waals surface area contributed by atoms with Gasteiger partial charge in [-0.15, -0.1) is 0 Å². The monoisotopic (exact) mass is 320 g/mol. The zero-order chi connectivity index (χ0) is 15.2. The fourth-order valence-corrected chi connectivity index (χ4v) is 1.97. The van der Waals surface area contributed by atoms with E-state index in [0.717, 1.165) is 0 Å². The van der Waals surface area contributed by atoms with E-state index < -0.39 is 5.91 Å². The number of aliphatic hydroxyl groups excluding tert-OH is 1. The normalized spacial score (nSPS) is 9.67. The molecule has 0 atom stereocenters. The zero-order valence-electron chi connectivity index (χ0n) is 10.7. The van der Waals surface area contributed by atoms with Crippen LogP contribution in [0.15, 0.2) is 36.5 Å². The van der Waals surface area contributed by atoms with Crippen molar-refractivity contribution in [3.8, 4) is 11.8 Å². The predicted molar refractivity (Wildman–Crippen MR) is 82.6 cm³/mol.